The van der Waals surface area contributed by atoms with E-state index >= 15 is 0 Å². The van der Waals surface area contributed by atoms with Crippen LogP contribution in [0.3, 0.4) is 0 Å². The first kappa shape index (κ1) is 64.2. The van der Waals surface area contributed by atoms with Gasteiger partial charge in [0.05, 0.1) is 30.8 Å². The van der Waals surface area contributed by atoms with Crippen molar-refractivity contribution >= 4 is 97.7 Å². The molecule has 7 heteroatoms. The molecule has 7 rings (SSSR count). The van der Waals surface area contributed by atoms with Gasteiger partial charge in [0.15, 0.2) is 18.0 Å². The molecule has 0 fully saturated rings. The van der Waals surface area contributed by atoms with E-state index in [9.17, 15) is 0 Å². The molecule has 1 atom stereocenters. The third-order valence-electron chi connectivity index (χ3n) is 18.8. The second-order valence-corrected chi connectivity index (χ2v) is 45.6. The van der Waals surface area contributed by atoms with E-state index in [0.717, 1.165) is 17.7 Å². The van der Waals surface area contributed by atoms with E-state index in [1.165, 1.54) is 208 Å². The number of furan rings is 1. The average Bonchev–Trinajstić information content (AvgIpc) is 4.09. The first-order valence-electron chi connectivity index (χ1n) is 32.9. The van der Waals surface area contributed by atoms with Crippen LogP contribution in [0.4, 0.5) is 0 Å². The number of unbranched alkanes of at least 4 members (excludes halogenated alkanes) is 9. The minimum absolute atomic E-state index is 0.770. The molecule has 432 valence electrons. The lowest BCUT2D eigenvalue weighted by Gasteiger charge is -2.37. The lowest BCUT2D eigenvalue weighted by molar-refractivity contribution is 0.671. The van der Waals surface area contributed by atoms with Crippen molar-refractivity contribution in [2.24, 2.45) is 0 Å². The van der Waals surface area contributed by atoms with Crippen molar-refractivity contribution in [3.05, 3.63) is 151 Å². The van der Waals surface area contributed by atoms with Gasteiger partial charge in [-0.1, -0.05) is 369 Å². The predicted octanol–water partition coefficient (Wildman–Crippen LogP) is 20.5. The van der Waals surface area contributed by atoms with Gasteiger partial charge in [-0.05, 0) is 29.8 Å². The summed E-state index contributed by atoms with van der Waals surface area (Å²) in [6.07, 6.45) is 23.5. The lowest BCUT2D eigenvalue weighted by atomic mass is 10.1. The quantitative estimate of drug-likeness (QED) is 0.0308. The molecule has 1 heterocycles. The maximum atomic E-state index is 7.36. The molecule has 0 saturated carbocycles. The number of hydrogen-bond donors (Lipinski definition) is 1. The summed E-state index contributed by atoms with van der Waals surface area (Å²) in [4.78, 5) is 0. The van der Waals surface area contributed by atoms with Crippen LogP contribution in [0.15, 0.2) is 150 Å². The van der Waals surface area contributed by atoms with Gasteiger partial charge in [0.1, 0.15) is 18.5 Å². The summed E-state index contributed by atoms with van der Waals surface area (Å²) in [5.41, 5.74) is 3.36. The molecule has 1 unspecified atom stereocenters. The van der Waals surface area contributed by atoms with Crippen LogP contribution in [-0.4, -0.2) is 24.2 Å². The average molecular weight is 1160 g/mol. The number of para-hydroxylation sites is 2. The van der Waals surface area contributed by atoms with E-state index in [4.69, 9.17) is 9.50 Å². The Kier molecular flexibility index (Phi) is 26.1. The van der Waals surface area contributed by atoms with Gasteiger partial charge in [-0.3, -0.25) is 0 Å². The van der Waals surface area contributed by atoms with Crippen LogP contribution in [0.1, 0.15) is 183 Å². The highest BCUT2D eigenvalue weighted by molar-refractivity contribution is 8.49. The molecule has 0 amide bonds. The van der Waals surface area contributed by atoms with E-state index in [2.05, 4.69) is 208 Å². The zero-order valence-corrected chi connectivity index (χ0v) is 56.7. The Morgan fingerprint density at radius 2 is 0.713 bits per heavy atom. The van der Waals surface area contributed by atoms with Crippen LogP contribution >= 0.6 is 14.7 Å². The highest BCUT2D eigenvalue weighted by Gasteiger charge is 2.55. The fourth-order valence-electron chi connectivity index (χ4n) is 13.9. The molecule has 1 N–H and O–H groups in total. The highest BCUT2D eigenvalue weighted by Crippen LogP contribution is 2.79. The largest absolute Gasteiger partial charge is 0.452 e. The van der Waals surface area contributed by atoms with Crippen molar-refractivity contribution in [2.75, 3.05) is 0 Å². The third kappa shape index (κ3) is 15.3. The molecule has 0 aliphatic carbocycles. The van der Waals surface area contributed by atoms with E-state index in [1.54, 1.807) is 15.6 Å². The Morgan fingerprint density at radius 3 is 1.10 bits per heavy atom. The number of rotatable bonds is 38. The van der Waals surface area contributed by atoms with Crippen LogP contribution in [0.5, 0.6) is 0 Å². The molecule has 0 aliphatic heterocycles. The molecule has 7 aromatic rings. The van der Waals surface area contributed by atoms with Crippen LogP contribution in [0.2, 0.25) is 54.4 Å². The van der Waals surface area contributed by atoms with Crippen molar-refractivity contribution in [3.8, 4) is 0 Å². The molecule has 0 aliphatic rings. The fourth-order valence-corrected chi connectivity index (χ4v) is 41.2. The summed E-state index contributed by atoms with van der Waals surface area (Å²) in [6, 6.07) is 72.3. The van der Waals surface area contributed by atoms with Crippen molar-refractivity contribution in [1.29, 1.82) is 0 Å². The molecule has 0 radical (unpaired) electrons. The summed E-state index contributed by atoms with van der Waals surface area (Å²) < 4.78 is 7.36. The summed E-state index contributed by atoms with van der Waals surface area (Å²) in [7, 11) is -9.18. The molecular formula is C73H108NOP2Si3+. The predicted molar refractivity (Wildman–Crippen MR) is 372 cm³/mol. The number of nitrogens with one attached hydrogen (secondary N) is 1. The van der Waals surface area contributed by atoms with Gasteiger partial charge in [0, 0.05) is 21.4 Å². The number of benzene rings is 6. The number of fused-ring (bicyclic) bond motifs is 3. The summed E-state index contributed by atoms with van der Waals surface area (Å²) in [6.45, 7) is 22.5. The molecule has 6 aromatic carbocycles. The van der Waals surface area contributed by atoms with Crippen molar-refractivity contribution in [2.45, 2.75) is 239 Å². The lowest BCUT2D eigenvalue weighted by Crippen LogP contribution is -2.48. The highest BCUT2D eigenvalue weighted by atomic mass is 32.1. The fraction of sp³-hybridized carbons (Fsp3) is 0.507. The summed E-state index contributed by atoms with van der Waals surface area (Å²) >= 11 is 0. The van der Waals surface area contributed by atoms with Gasteiger partial charge in [-0.15, -0.1) is 0 Å². The Morgan fingerprint density at radius 1 is 0.362 bits per heavy atom. The van der Waals surface area contributed by atoms with Crippen molar-refractivity contribution in [3.63, 3.8) is 0 Å². The third-order valence-corrected chi connectivity index (χ3v) is 45.1. The first-order valence-corrected chi connectivity index (χ1v) is 44.6. The Hall–Kier alpha value is -3.41. The van der Waals surface area contributed by atoms with Gasteiger partial charge >= 0.3 is 0 Å². The molecule has 80 heavy (non-hydrogen) atoms. The van der Waals surface area contributed by atoms with Gasteiger partial charge in [-0.25, -0.2) is 0 Å². The Balaban J connectivity index is 1.60. The standard InChI is InChI=1S/C73H108NOP2Si3/c1-10-19-52-78(53-20-11-2,54-21-12-3)66-46-40-63(41-47-66)76(64-42-48-67(49-43-64)79(55-22-13-4,56-23-14-5)57-24-15-6)77(74-61-62-34-29-28-30-35-62,72-39-33-37-70-69-36-31-32-38-71(69)75-73(70)72)65-44-50-68(51-45-65)80(58-25-16-7,59-26-17-8)60-27-18-9/h28-51,74H,10-27,52-61H2,1-9H3/q+1. The number of hydrogen-bond acceptors (Lipinski definition) is 2. The molecule has 0 spiro atoms. The van der Waals surface area contributed by atoms with Gasteiger partial charge in [0.2, 0.25) is 0 Å². The first-order chi connectivity index (χ1) is 39.2. The molecule has 0 bridgehead atoms. The molecule has 1 aromatic heterocycles. The minimum Gasteiger partial charge on any atom is -0.452 e. The maximum Gasteiger partial charge on any atom is 0.179 e. The summed E-state index contributed by atoms with van der Waals surface area (Å²) in [5.74, 6) is 0. The summed E-state index contributed by atoms with van der Waals surface area (Å²) in [5, 5.41) is 18.1. The SMILES string of the molecule is CCCC[Si](CCCC)(CCCC)c1ccc(P(c2ccc([Si](CCCC)(CCCC)CCCC)cc2)[P+](NCc2ccccc2)(c2ccc([Si](CCCC)(CCCC)CCCC)cc2)c2cccc3c2oc2ccccc23)cc1. The smallest absolute Gasteiger partial charge is 0.179 e. The molecular weight excluding hydrogens is 1050 g/mol. The Labute approximate surface area is 494 Å². The van der Waals surface area contributed by atoms with Crippen LogP contribution in [-0.2, 0) is 6.54 Å². The van der Waals surface area contributed by atoms with Crippen LogP contribution in [0.25, 0.3) is 21.9 Å². The van der Waals surface area contributed by atoms with E-state index < -0.39 is 38.9 Å². The van der Waals surface area contributed by atoms with E-state index in [1.807, 2.05) is 0 Å². The van der Waals surface area contributed by atoms with Gasteiger partial charge in [-0.2, -0.15) is 5.09 Å². The van der Waals surface area contributed by atoms with Gasteiger partial charge < -0.3 is 4.42 Å². The topological polar surface area (TPSA) is 25.2 Å². The van der Waals surface area contributed by atoms with Crippen LogP contribution < -0.4 is 41.9 Å². The normalized spacial score (nSPS) is 13.2. The van der Waals surface area contributed by atoms with Gasteiger partial charge in [0.25, 0.3) is 0 Å². The minimum atomic E-state index is -2.71. The second-order valence-electron chi connectivity index (χ2n) is 24.4. The Bertz CT molecular complexity index is 2710. The maximum absolute atomic E-state index is 7.36. The second kappa shape index (κ2) is 32.6. The van der Waals surface area contributed by atoms with Crippen LogP contribution in [0, 0.1) is 0 Å². The van der Waals surface area contributed by atoms with Crippen molar-refractivity contribution in [1.82, 2.24) is 5.09 Å². The van der Waals surface area contributed by atoms with Crippen molar-refractivity contribution < 1.29 is 4.42 Å². The monoisotopic (exact) mass is 1160 g/mol. The van der Waals surface area contributed by atoms with E-state index in [-0.39, 0.29) is 0 Å². The molecule has 0 saturated heterocycles. The molecule has 2 nitrogen and oxygen atoms in total. The zero-order chi connectivity index (χ0) is 56.7. The van der Waals surface area contributed by atoms with E-state index in [0.29, 0.717) is 0 Å². The zero-order valence-electron chi connectivity index (χ0n) is 52.0.